The molecule has 2 aliphatic rings. The van der Waals surface area contributed by atoms with Gasteiger partial charge >= 0.3 is 0 Å². The highest BCUT2D eigenvalue weighted by Crippen LogP contribution is 2.35. The zero-order valence-electron chi connectivity index (χ0n) is 14.6. The number of Topliss-reactive ketones (excluding diaryl/α,β-unsaturated/α-hetero) is 1. The number of benzene rings is 3. The molecule has 0 radical (unpaired) electrons. The first-order valence-electron chi connectivity index (χ1n) is 8.80. The number of nitrogens with zero attached hydrogens (tertiary/aromatic N) is 2. The fraction of sp³-hybridized carbons (Fsp3) is 0.0455. The molecule has 1 amide bonds. The zero-order chi connectivity index (χ0) is 19.3. The molecule has 1 atom stereocenters. The lowest BCUT2D eigenvalue weighted by molar-refractivity contribution is 0.0871. The molecular weight excluding hydrogens is 418 g/mol. The third-order valence-corrected chi connectivity index (χ3v) is 5.43. The molecule has 0 aliphatic carbocycles. The molecule has 5 nitrogen and oxygen atoms in total. The zero-order valence-corrected chi connectivity index (χ0v) is 16.2. The van der Waals surface area contributed by atoms with Gasteiger partial charge in [-0.1, -0.05) is 46.3 Å². The average Bonchev–Trinajstić information content (AvgIpc) is 2.73. The Morgan fingerprint density at radius 3 is 2.21 bits per heavy atom. The van der Waals surface area contributed by atoms with Crippen molar-refractivity contribution in [1.82, 2.24) is 0 Å². The summed E-state index contributed by atoms with van der Waals surface area (Å²) in [7, 11) is 0. The standard InChI is InChI=1S/C22H14BrN3O2/c23-13-9-11-14(12-10-13)24-20-17-7-3-4-8-18(17)26-21(25-20)19(27)15-5-1-2-6-16(15)22(26)28/h1-12,21H,(H,24,25). The molecule has 3 aromatic rings. The predicted molar refractivity (Wildman–Crippen MR) is 112 cm³/mol. The van der Waals surface area contributed by atoms with Gasteiger partial charge in [0.05, 0.1) is 11.3 Å². The maximum absolute atomic E-state index is 13.1. The van der Waals surface area contributed by atoms with Gasteiger partial charge in [0.2, 0.25) is 5.78 Å². The highest BCUT2D eigenvalue weighted by atomic mass is 79.9. The van der Waals surface area contributed by atoms with Crippen molar-refractivity contribution in [3.05, 3.63) is 94.0 Å². The summed E-state index contributed by atoms with van der Waals surface area (Å²) in [6.45, 7) is 0. The fourth-order valence-corrected chi connectivity index (χ4v) is 3.85. The minimum absolute atomic E-state index is 0.181. The van der Waals surface area contributed by atoms with Gasteiger partial charge in [0.1, 0.15) is 5.84 Å². The molecule has 0 saturated carbocycles. The van der Waals surface area contributed by atoms with E-state index in [9.17, 15) is 9.59 Å². The topological polar surface area (TPSA) is 61.8 Å². The van der Waals surface area contributed by atoms with Gasteiger partial charge in [-0.25, -0.2) is 4.99 Å². The molecule has 3 aromatic carbocycles. The lowest BCUT2D eigenvalue weighted by Gasteiger charge is -2.37. The second kappa shape index (κ2) is 6.42. The summed E-state index contributed by atoms with van der Waals surface area (Å²) in [5.74, 6) is 0.179. The number of hydrogen-bond acceptors (Lipinski definition) is 4. The molecule has 2 heterocycles. The van der Waals surface area contributed by atoms with Crippen molar-refractivity contribution >= 4 is 44.8 Å². The number of carbonyl (C=O) groups excluding carboxylic acids is 2. The summed E-state index contributed by atoms with van der Waals surface area (Å²) < 4.78 is 0.972. The van der Waals surface area contributed by atoms with E-state index in [1.54, 1.807) is 24.3 Å². The maximum atomic E-state index is 13.1. The van der Waals surface area contributed by atoms with Crippen LogP contribution in [0.3, 0.4) is 0 Å². The van der Waals surface area contributed by atoms with Gasteiger partial charge in [0.25, 0.3) is 5.91 Å². The average molecular weight is 432 g/mol. The SMILES string of the molecule is O=C1c2ccccc2C(=O)N2c3ccccc3C(Nc3ccc(Br)cc3)=NC12. The van der Waals surface area contributed by atoms with Gasteiger partial charge < -0.3 is 5.32 Å². The number of nitrogens with one attached hydrogen (secondary N) is 1. The molecule has 0 saturated heterocycles. The molecule has 6 heteroatoms. The quantitative estimate of drug-likeness (QED) is 0.617. The second-order valence-corrected chi connectivity index (χ2v) is 7.50. The Kier molecular flexibility index (Phi) is 3.87. The first-order chi connectivity index (χ1) is 13.6. The first kappa shape index (κ1) is 16.9. The van der Waals surface area contributed by atoms with Crippen LogP contribution >= 0.6 is 15.9 Å². The van der Waals surface area contributed by atoms with Crippen molar-refractivity contribution in [3.63, 3.8) is 0 Å². The van der Waals surface area contributed by atoms with Crippen LogP contribution in [-0.4, -0.2) is 23.7 Å². The minimum atomic E-state index is -0.907. The predicted octanol–water partition coefficient (Wildman–Crippen LogP) is 4.49. The number of rotatable bonds is 1. The molecule has 0 aromatic heterocycles. The lowest BCUT2D eigenvalue weighted by Crippen LogP contribution is -2.52. The van der Waals surface area contributed by atoms with Gasteiger partial charge in [-0.05, 0) is 42.5 Å². The van der Waals surface area contributed by atoms with E-state index in [-0.39, 0.29) is 11.7 Å². The third-order valence-electron chi connectivity index (χ3n) is 4.90. The van der Waals surface area contributed by atoms with Gasteiger partial charge in [-0.15, -0.1) is 0 Å². The van der Waals surface area contributed by atoms with E-state index in [2.05, 4.69) is 26.2 Å². The van der Waals surface area contributed by atoms with Gasteiger partial charge in [-0.3, -0.25) is 14.5 Å². The monoisotopic (exact) mass is 431 g/mol. The molecule has 1 N–H and O–H groups in total. The van der Waals surface area contributed by atoms with E-state index in [0.29, 0.717) is 22.6 Å². The molecule has 1 unspecified atom stereocenters. The van der Waals surface area contributed by atoms with E-state index in [4.69, 9.17) is 0 Å². The Morgan fingerprint density at radius 1 is 0.821 bits per heavy atom. The van der Waals surface area contributed by atoms with Crippen LogP contribution < -0.4 is 10.2 Å². The number of hydrogen-bond donors (Lipinski definition) is 1. The second-order valence-electron chi connectivity index (χ2n) is 6.59. The van der Waals surface area contributed by atoms with Gasteiger partial charge in [0, 0.05) is 21.3 Å². The minimum Gasteiger partial charge on any atom is -0.340 e. The summed E-state index contributed by atoms with van der Waals surface area (Å²) in [6.07, 6.45) is -0.907. The van der Waals surface area contributed by atoms with Gasteiger partial charge in [-0.2, -0.15) is 0 Å². The molecular formula is C22H14BrN3O2. The lowest BCUT2D eigenvalue weighted by atomic mass is 9.93. The van der Waals surface area contributed by atoms with E-state index in [0.717, 1.165) is 15.7 Å². The van der Waals surface area contributed by atoms with Gasteiger partial charge in [0.15, 0.2) is 6.17 Å². The number of amidine groups is 1. The summed E-state index contributed by atoms with van der Waals surface area (Å²) in [5, 5.41) is 3.30. The Hall–Kier alpha value is -3.25. The van der Waals surface area contributed by atoms with Crippen molar-refractivity contribution < 1.29 is 9.59 Å². The van der Waals surface area contributed by atoms with E-state index in [1.807, 2.05) is 48.5 Å². The summed E-state index contributed by atoms with van der Waals surface area (Å²) in [5.41, 5.74) is 3.13. The molecule has 0 spiro atoms. The molecule has 2 aliphatic heterocycles. The number of aliphatic imine (C=N–C) groups is 1. The highest BCUT2D eigenvalue weighted by molar-refractivity contribution is 9.10. The van der Waals surface area contributed by atoms with Crippen LogP contribution in [0, 0.1) is 0 Å². The Balaban J connectivity index is 1.65. The Labute approximate surface area is 169 Å². The molecule has 0 fully saturated rings. The molecule has 136 valence electrons. The fourth-order valence-electron chi connectivity index (χ4n) is 3.58. The number of ketones is 1. The number of fused-ring (bicyclic) bond motifs is 4. The number of carbonyl (C=O) groups is 2. The highest BCUT2D eigenvalue weighted by Gasteiger charge is 2.43. The normalized spacial score (nSPS) is 17.4. The van der Waals surface area contributed by atoms with Crippen molar-refractivity contribution in [2.45, 2.75) is 6.17 Å². The summed E-state index contributed by atoms with van der Waals surface area (Å²) in [6, 6.07) is 22.1. The van der Waals surface area contributed by atoms with Crippen LogP contribution in [0.1, 0.15) is 26.3 Å². The van der Waals surface area contributed by atoms with Crippen LogP contribution in [0.2, 0.25) is 0 Å². The van der Waals surface area contributed by atoms with Crippen molar-refractivity contribution in [2.75, 3.05) is 10.2 Å². The largest absolute Gasteiger partial charge is 0.340 e. The Bertz CT molecular complexity index is 1150. The van der Waals surface area contributed by atoms with E-state index < -0.39 is 6.17 Å². The van der Waals surface area contributed by atoms with Crippen LogP contribution in [0.15, 0.2) is 82.3 Å². The molecule has 28 heavy (non-hydrogen) atoms. The van der Waals surface area contributed by atoms with Crippen molar-refractivity contribution in [1.29, 1.82) is 0 Å². The van der Waals surface area contributed by atoms with Crippen molar-refractivity contribution in [2.24, 2.45) is 4.99 Å². The number of anilines is 2. The molecule has 5 rings (SSSR count). The maximum Gasteiger partial charge on any atom is 0.261 e. The summed E-state index contributed by atoms with van der Waals surface area (Å²) >= 11 is 3.43. The van der Waals surface area contributed by atoms with Crippen LogP contribution in [0.4, 0.5) is 11.4 Å². The number of para-hydroxylation sites is 1. The summed E-state index contributed by atoms with van der Waals surface area (Å²) in [4.78, 5) is 32.4. The van der Waals surface area contributed by atoms with Crippen LogP contribution in [-0.2, 0) is 0 Å². The van der Waals surface area contributed by atoms with E-state index >= 15 is 0 Å². The van der Waals surface area contributed by atoms with E-state index in [1.165, 1.54) is 4.90 Å². The Morgan fingerprint density at radius 2 is 1.46 bits per heavy atom. The first-order valence-corrected chi connectivity index (χ1v) is 9.59. The third kappa shape index (κ3) is 2.57. The number of amides is 1. The van der Waals surface area contributed by atoms with Crippen molar-refractivity contribution in [3.8, 4) is 0 Å². The van der Waals surface area contributed by atoms with Crippen LogP contribution in [0.25, 0.3) is 0 Å². The number of halogens is 1. The smallest absolute Gasteiger partial charge is 0.261 e. The molecule has 0 bridgehead atoms. The van der Waals surface area contributed by atoms with Crippen LogP contribution in [0.5, 0.6) is 0 Å².